The molecule has 0 aliphatic rings. The fourth-order valence-electron chi connectivity index (χ4n) is 2.13. The highest BCUT2D eigenvalue weighted by Crippen LogP contribution is 2.22. The second-order valence-corrected chi connectivity index (χ2v) is 5.27. The van der Waals surface area contributed by atoms with Crippen molar-refractivity contribution < 1.29 is 22.7 Å². The summed E-state index contributed by atoms with van der Waals surface area (Å²) in [6.07, 6.45) is -1.57. The molecule has 0 aliphatic heterocycles. The second-order valence-electron chi connectivity index (χ2n) is 5.27. The maximum Gasteiger partial charge on any atom is 0.326 e. The Hall–Kier alpha value is -3.36. The molecule has 0 saturated heterocycles. The first-order valence-corrected chi connectivity index (χ1v) is 7.55. The fourth-order valence-corrected chi connectivity index (χ4v) is 2.13. The summed E-state index contributed by atoms with van der Waals surface area (Å²) in [6.45, 7) is -0.178. The molecule has 2 heterocycles. The van der Waals surface area contributed by atoms with Gasteiger partial charge in [0.1, 0.15) is 13.2 Å². The van der Waals surface area contributed by atoms with E-state index in [1.165, 1.54) is 12.3 Å². The summed E-state index contributed by atoms with van der Waals surface area (Å²) >= 11 is 0. The molecule has 0 amide bonds. The molecule has 9 heteroatoms. The number of hydrogen-bond acceptors (Lipinski definition) is 6. The Labute approximate surface area is 145 Å². The SMILES string of the molecule is O=C(Cn1ccc(-c2nnc(C(F)F)o2)cc1=O)OCc1ccccc1. The number of rotatable bonds is 6. The van der Waals surface area contributed by atoms with Crippen molar-refractivity contribution >= 4 is 5.97 Å². The minimum Gasteiger partial charge on any atom is -0.459 e. The molecule has 0 fully saturated rings. The number of ether oxygens (including phenoxy) is 1. The number of benzene rings is 1. The van der Waals surface area contributed by atoms with Crippen LogP contribution in [0.4, 0.5) is 8.78 Å². The molecule has 134 valence electrons. The Morgan fingerprint density at radius 3 is 2.62 bits per heavy atom. The van der Waals surface area contributed by atoms with E-state index in [9.17, 15) is 18.4 Å². The lowest BCUT2D eigenvalue weighted by atomic mass is 10.2. The van der Waals surface area contributed by atoms with Crippen LogP contribution < -0.4 is 5.56 Å². The molecule has 26 heavy (non-hydrogen) atoms. The summed E-state index contributed by atoms with van der Waals surface area (Å²) in [5.74, 6) is -1.61. The minimum atomic E-state index is -2.89. The average Bonchev–Trinajstić information content (AvgIpc) is 3.13. The van der Waals surface area contributed by atoms with Crippen LogP contribution >= 0.6 is 0 Å². The smallest absolute Gasteiger partial charge is 0.326 e. The molecule has 0 spiro atoms. The van der Waals surface area contributed by atoms with Gasteiger partial charge in [-0.05, 0) is 11.6 Å². The number of nitrogens with zero attached hydrogens (tertiary/aromatic N) is 3. The molecule has 0 bridgehead atoms. The molecule has 1 aromatic carbocycles. The van der Waals surface area contributed by atoms with Gasteiger partial charge in [0.15, 0.2) is 0 Å². The van der Waals surface area contributed by atoms with Gasteiger partial charge >= 0.3 is 12.4 Å². The van der Waals surface area contributed by atoms with Crippen molar-refractivity contribution in [3.63, 3.8) is 0 Å². The van der Waals surface area contributed by atoms with Crippen molar-refractivity contribution in [2.45, 2.75) is 19.6 Å². The van der Waals surface area contributed by atoms with Crippen LogP contribution in [0.5, 0.6) is 0 Å². The van der Waals surface area contributed by atoms with Gasteiger partial charge in [-0.25, -0.2) is 0 Å². The summed E-state index contributed by atoms with van der Waals surface area (Å²) in [5, 5.41) is 6.66. The highest BCUT2D eigenvalue weighted by Gasteiger charge is 2.17. The topological polar surface area (TPSA) is 87.2 Å². The summed E-state index contributed by atoms with van der Waals surface area (Å²) in [7, 11) is 0. The quantitative estimate of drug-likeness (QED) is 0.627. The van der Waals surface area contributed by atoms with Crippen LogP contribution in [0.3, 0.4) is 0 Å². The predicted octanol–water partition coefficient (Wildman–Crippen LogP) is 2.58. The number of carbonyl (C=O) groups is 1. The van der Waals surface area contributed by atoms with Crippen LogP contribution in [0, 0.1) is 0 Å². The molecule has 7 nitrogen and oxygen atoms in total. The number of alkyl halides is 2. The zero-order chi connectivity index (χ0) is 18.5. The standard InChI is InChI=1S/C17H13F2N3O4/c18-15(19)17-21-20-16(26-17)12-6-7-22(13(23)8-12)9-14(24)25-10-11-4-2-1-3-5-11/h1-8,15H,9-10H2. The summed E-state index contributed by atoms with van der Waals surface area (Å²) in [5.41, 5.74) is 0.481. The van der Waals surface area contributed by atoms with E-state index < -0.39 is 23.8 Å². The van der Waals surface area contributed by atoms with Crippen LogP contribution in [-0.2, 0) is 22.7 Å². The number of esters is 1. The number of aromatic nitrogens is 3. The highest BCUT2D eigenvalue weighted by molar-refractivity contribution is 5.69. The molecule has 0 aliphatic carbocycles. The summed E-state index contributed by atoms with van der Waals surface area (Å²) in [4.78, 5) is 23.9. The first-order valence-electron chi connectivity index (χ1n) is 7.55. The van der Waals surface area contributed by atoms with E-state index in [0.29, 0.717) is 0 Å². The first-order chi connectivity index (χ1) is 12.5. The van der Waals surface area contributed by atoms with Gasteiger partial charge in [-0.15, -0.1) is 10.2 Å². The van der Waals surface area contributed by atoms with Crippen molar-refractivity contribution in [1.82, 2.24) is 14.8 Å². The molecule has 2 aromatic heterocycles. The zero-order valence-electron chi connectivity index (χ0n) is 13.3. The lowest BCUT2D eigenvalue weighted by Crippen LogP contribution is -2.24. The van der Waals surface area contributed by atoms with Crippen LogP contribution in [0.25, 0.3) is 11.5 Å². The Balaban J connectivity index is 1.65. The van der Waals surface area contributed by atoms with Gasteiger partial charge in [0.2, 0.25) is 5.89 Å². The molecule has 3 aromatic rings. The molecule has 0 saturated carbocycles. The Bertz CT molecular complexity index is 954. The first kappa shape index (κ1) is 17.5. The Morgan fingerprint density at radius 2 is 1.96 bits per heavy atom. The van der Waals surface area contributed by atoms with Crippen molar-refractivity contribution in [3.8, 4) is 11.5 Å². The molecule has 0 N–H and O–H groups in total. The van der Waals surface area contributed by atoms with Crippen molar-refractivity contribution in [2.75, 3.05) is 0 Å². The lowest BCUT2D eigenvalue weighted by Gasteiger charge is -2.07. The van der Waals surface area contributed by atoms with E-state index in [-0.39, 0.29) is 24.6 Å². The zero-order valence-corrected chi connectivity index (χ0v) is 13.3. The van der Waals surface area contributed by atoms with E-state index in [4.69, 9.17) is 9.15 Å². The number of hydrogen-bond donors (Lipinski definition) is 0. The summed E-state index contributed by atoms with van der Waals surface area (Å²) in [6, 6.07) is 11.6. The average molecular weight is 361 g/mol. The van der Waals surface area contributed by atoms with Gasteiger partial charge in [0, 0.05) is 17.8 Å². The lowest BCUT2D eigenvalue weighted by molar-refractivity contribution is -0.145. The van der Waals surface area contributed by atoms with Crippen LogP contribution in [0.2, 0.25) is 0 Å². The maximum atomic E-state index is 12.5. The number of halogens is 2. The molecular weight excluding hydrogens is 348 g/mol. The second kappa shape index (κ2) is 7.68. The molecule has 3 rings (SSSR count). The molecule has 0 radical (unpaired) electrons. The van der Waals surface area contributed by atoms with E-state index in [1.807, 2.05) is 30.3 Å². The van der Waals surface area contributed by atoms with Crippen molar-refractivity contribution in [1.29, 1.82) is 0 Å². The number of pyridine rings is 1. The van der Waals surface area contributed by atoms with Gasteiger partial charge in [-0.3, -0.25) is 9.59 Å². The Kier molecular flexibility index (Phi) is 5.16. The van der Waals surface area contributed by atoms with E-state index in [0.717, 1.165) is 16.2 Å². The van der Waals surface area contributed by atoms with E-state index >= 15 is 0 Å². The molecule has 0 atom stereocenters. The van der Waals surface area contributed by atoms with Gasteiger partial charge < -0.3 is 13.7 Å². The minimum absolute atomic E-state index is 0.102. The Morgan fingerprint density at radius 1 is 1.19 bits per heavy atom. The largest absolute Gasteiger partial charge is 0.459 e. The van der Waals surface area contributed by atoms with Gasteiger partial charge in [0.05, 0.1) is 0 Å². The van der Waals surface area contributed by atoms with Gasteiger partial charge in [-0.2, -0.15) is 8.78 Å². The third-order valence-corrected chi connectivity index (χ3v) is 3.41. The van der Waals surface area contributed by atoms with Crippen LogP contribution in [-0.4, -0.2) is 20.7 Å². The van der Waals surface area contributed by atoms with Gasteiger partial charge in [0.25, 0.3) is 11.4 Å². The number of carbonyl (C=O) groups excluding carboxylic acids is 1. The van der Waals surface area contributed by atoms with Crippen LogP contribution in [0.15, 0.2) is 57.9 Å². The van der Waals surface area contributed by atoms with E-state index in [2.05, 4.69) is 10.2 Å². The van der Waals surface area contributed by atoms with E-state index in [1.54, 1.807) is 0 Å². The molecule has 0 unspecified atom stereocenters. The van der Waals surface area contributed by atoms with Gasteiger partial charge in [-0.1, -0.05) is 30.3 Å². The fraction of sp³-hybridized carbons (Fsp3) is 0.176. The highest BCUT2D eigenvalue weighted by atomic mass is 19.3. The predicted molar refractivity (Wildman–Crippen MR) is 85.2 cm³/mol. The normalized spacial score (nSPS) is 10.9. The maximum absolute atomic E-state index is 12.5. The third kappa shape index (κ3) is 4.18. The van der Waals surface area contributed by atoms with Crippen molar-refractivity contribution in [3.05, 3.63) is 70.5 Å². The summed E-state index contributed by atoms with van der Waals surface area (Å²) < 4.78 is 35.9. The monoisotopic (exact) mass is 361 g/mol. The van der Waals surface area contributed by atoms with Crippen LogP contribution in [0.1, 0.15) is 17.9 Å². The van der Waals surface area contributed by atoms with Crippen molar-refractivity contribution in [2.24, 2.45) is 0 Å². The third-order valence-electron chi connectivity index (χ3n) is 3.41. The molecular formula is C17H13F2N3O4.